The highest BCUT2D eigenvalue weighted by Crippen LogP contribution is 2.15. The maximum atomic E-state index is 12.1. The molecule has 0 aliphatic heterocycles. The van der Waals surface area contributed by atoms with Crippen molar-refractivity contribution in [2.75, 3.05) is 13.7 Å². The van der Waals surface area contributed by atoms with E-state index < -0.39 is 10.0 Å². The van der Waals surface area contributed by atoms with Crippen LogP contribution in [0.5, 0.6) is 5.75 Å². The van der Waals surface area contributed by atoms with E-state index in [-0.39, 0.29) is 4.90 Å². The van der Waals surface area contributed by atoms with E-state index in [9.17, 15) is 8.42 Å². The molecule has 1 aromatic heterocycles. The van der Waals surface area contributed by atoms with Crippen LogP contribution in [0.4, 0.5) is 0 Å². The van der Waals surface area contributed by atoms with E-state index in [1.165, 1.54) is 12.1 Å². The SMILES string of the molecule is COc1ccc(S(=O)(=O)NCCCc2cn[nH]c2C)cc1. The molecule has 0 saturated carbocycles. The van der Waals surface area contributed by atoms with Gasteiger partial charge in [-0.3, -0.25) is 5.10 Å². The van der Waals surface area contributed by atoms with Crippen LogP contribution in [0.3, 0.4) is 0 Å². The molecular formula is C14H19N3O3S. The molecule has 0 spiro atoms. The predicted molar refractivity (Wildman–Crippen MR) is 79.8 cm³/mol. The Morgan fingerprint density at radius 1 is 1.29 bits per heavy atom. The van der Waals surface area contributed by atoms with E-state index in [1.807, 2.05) is 6.92 Å². The molecule has 6 nitrogen and oxygen atoms in total. The molecule has 0 aliphatic rings. The van der Waals surface area contributed by atoms with Crippen molar-refractivity contribution in [3.8, 4) is 5.75 Å². The monoisotopic (exact) mass is 309 g/mol. The molecule has 21 heavy (non-hydrogen) atoms. The van der Waals surface area contributed by atoms with Crippen molar-refractivity contribution in [1.29, 1.82) is 0 Å². The van der Waals surface area contributed by atoms with Gasteiger partial charge in [0.1, 0.15) is 5.75 Å². The summed E-state index contributed by atoms with van der Waals surface area (Å²) in [5, 5.41) is 6.80. The molecule has 2 N–H and O–H groups in total. The van der Waals surface area contributed by atoms with Crippen LogP contribution in [0.2, 0.25) is 0 Å². The molecule has 0 aliphatic carbocycles. The summed E-state index contributed by atoms with van der Waals surface area (Å²) in [5.74, 6) is 0.629. The number of H-pyrrole nitrogens is 1. The molecule has 0 saturated heterocycles. The summed E-state index contributed by atoms with van der Waals surface area (Å²) in [5.41, 5.74) is 2.13. The van der Waals surface area contributed by atoms with Crippen molar-refractivity contribution in [2.24, 2.45) is 0 Å². The van der Waals surface area contributed by atoms with Crippen LogP contribution in [0, 0.1) is 6.92 Å². The quantitative estimate of drug-likeness (QED) is 0.762. The number of aromatic nitrogens is 2. The minimum atomic E-state index is -3.47. The van der Waals surface area contributed by atoms with E-state index in [4.69, 9.17) is 4.74 Å². The van der Waals surface area contributed by atoms with Crippen molar-refractivity contribution >= 4 is 10.0 Å². The number of aromatic amines is 1. The summed E-state index contributed by atoms with van der Waals surface area (Å²) >= 11 is 0. The Bertz CT molecular complexity index is 678. The lowest BCUT2D eigenvalue weighted by Gasteiger charge is -2.07. The normalized spacial score (nSPS) is 11.5. The Labute approximate surface area is 124 Å². The van der Waals surface area contributed by atoms with E-state index in [2.05, 4.69) is 14.9 Å². The van der Waals surface area contributed by atoms with Gasteiger partial charge in [-0.1, -0.05) is 0 Å². The summed E-state index contributed by atoms with van der Waals surface area (Å²) in [6.07, 6.45) is 3.27. The smallest absolute Gasteiger partial charge is 0.240 e. The molecular weight excluding hydrogens is 290 g/mol. The fourth-order valence-electron chi connectivity index (χ4n) is 1.95. The van der Waals surface area contributed by atoms with Crippen molar-refractivity contribution in [3.63, 3.8) is 0 Å². The van der Waals surface area contributed by atoms with Gasteiger partial charge in [0, 0.05) is 12.2 Å². The van der Waals surface area contributed by atoms with E-state index in [0.717, 1.165) is 24.1 Å². The van der Waals surface area contributed by atoms with Gasteiger partial charge in [-0.2, -0.15) is 5.10 Å². The van der Waals surface area contributed by atoms with Crippen molar-refractivity contribution in [3.05, 3.63) is 41.7 Å². The van der Waals surface area contributed by atoms with Crippen LogP contribution in [0.25, 0.3) is 0 Å². The third-order valence-corrected chi connectivity index (χ3v) is 4.70. The van der Waals surface area contributed by atoms with Crippen LogP contribution < -0.4 is 9.46 Å². The second kappa shape index (κ2) is 6.73. The fraction of sp³-hybridized carbons (Fsp3) is 0.357. The van der Waals surface area contributed by atoms with Gasteiger partial charge in [-0.25, -0.2) is 13.1 Å². The maximum absolute atomic E-state index is 12.1. The number of benzene rings is 1. The standard InChI is InChI=1S/C14H19N3O3S/c1-11-12(10-15-17-11)4-3-9-16-21(18,19)14-7-5-13(20-2)6-8-14/h5-8,10,16H,3-4,9H2,1-2H3,(H,15,17). The van der Waals surface area contributed by atoms with Gasteiger partial charge in [0.25, 0.3) is 0 Å². The molecule has 0 unspecified atom stereocenters. The number of rotatable bonds is 7. The zero-order valence-corrected chi connectivity index (χ0v) is 12.9. The predicted octanol–water partition coefficient (Wildman–Crippen LogP) is 1.64. The number of sulfonamides is 1. The van der Waals surface area contributed by atoms with Gasteiger partial charge >= 0.3 is 0 Å². The Hall–Kier alpha value is -1.86. The minimum Gasteiger partial charge on any atom is -0.497 e. The van der Waals surface area contributed by atoms with Gasteiger partial charge in [0.2, 0.25) is 10.0 Å². The summed E-state index contributed by atoms with van der Waals surface area (Å²) in [6.45, 7) is 2.34. The molecule has 0 radical (unpaired) electrons. The van der Waals surface area contributed by atoms with Crippen molar-refractivity contribution in [1.82, 2.24) is 14.9 Å². The number of hydrogen-bond donors (Lipinski definition) is 2. The number of nitrogens with zero attached hydrogens (tertiary/aromatic N) is 1. The Balaban J connectivity index is 1.87. The van der Waals surface area contributed by atoms with Crippen LogP contribution in [0.1, 0.15) is 17.7 Å². The van der Waals surface area contributed by atoms with Crippen molar-refractivity contribution in [2.45, 2.75) is 24.7 Å². The van der Waals surface area contributed by atoms with E-state index in [1.54, 1.807) is 25.4 Å². The Morgan fingerprint density at radius 2 is 2.00 bits per heavy atom. The first-order valence-corrected chi connectivity index (χ1v) is 8.14. The molecule has 2 rings (SSSR count). The molecule has 114 valence electrons. The summed E-state index contributed by atoms with van der Waals surface area (Å²) in [7, 11) is -1.92. The molecule has 0 fully saturated rings. The van der Waals surface area contributed by atoms with Crippen LogP contribution in [-0.2, 0) is 16.4 Å². The molecule has 0 bridgehead atoms. The molecule has 1 aromatic carbocycles. The van der Waals surface area contributed by atoms with Gasteiger partial charge < -0.3 is 4.74 Å². The second-order valence-electron chi connectivity index (χ2n) is 4.70. The molecule has 1 heterocycles. The third-order valence-electron chi connectivity index (χ3n) is 3.22. The van der Waals surface area contributed by atoms with E-state index in [0.29, 0.717) is 12.3 Å². The van der Waals surface area contributed by atoms with Crippen LogP contribution in [0.15, 0.2) is 35.4 Å². The summed E-state index contributed by atoms with van der Waals surface area (Å²) < 4.78 is 31.8. The van der Waals surface area contributed by atoms with Crippen molar-refractivity contribution < 1.29 is 13.2 Å². The lowest BCUT2D eigenvalue weighted by atomic mass is 10.1. The molecule has 7 heteroatoms. The highest BCUT2D eigenvalue weighted by molar-refractivity contribution is 7.89. The summed E-state index contributed by atoms with van der Waals surface area (Å²) in [6, 6.07) is 6.32. The molecule has 0 amide bonds. The van der Waals surface area contributed by atoms with Gasteiger partial charge in [0.05, 0.1) is 18.2 Å². The van der Waals surface area contributed by atoms with Gasteiger partial charge in [-0.05, 0) is 49.6 Å². The number of methoxy groups -OCH3 is 1. The number of aryl methyl sites for hydroxylation is 2. The zero-order chi connectivity index (χ0) is 15.3. The van der Waals surface area contributed by atoms with Crippen LogP contribution in [-0.4, -0.2) is 32.3 Å². The van der Waals surface area contributed by atoms with Crippen LogP contribution >= 0.6 is 0 Å². The Morgan fingerprint density at radius 3 is 2.57 bits per heavy atom. The zero-order valence-electron chi connectivity index (χ0n) is 12.1. The highest BCUT2D eigenvalue weighted by atomic mass is 32.2. The first kappa shape index (κ1) is 15.5. The largest absolute Gasteiger partial charge is 0.497 e. The number of nitrogens with one attached hydrogen (secondary N) is 2. The summed E-state index contributed by atoms with van der Waals surface area (Å²) in [4.78, 5) is 0.239. The lowest BCUT2D eigenvalue weighted by Crippen LogP contribution is -2.25. The topological polar surface area (TPSA) is 84.1 Å². The first-order valence-electron chi connectivity index (χ1n) is 6.65. The molecule has 2 aromatic rings. The molecule has 0 atom stereocenters. The minimum absolute atomic E-state index is 0.239. The first-order chi connectivity index (χ1) is 10.0. The third kappa shape index (κ3) is 4.05. The highest BCUT2D eigenvalue weighted by Gasteiger charge is 2.13. The number of hydrogen-bond acceptors (Lipinski definition) is 4. The average molecular weight is 309 g/mol. The fourth-order valence-corrected chi connectivity index (χ4v) is 3.03. The lowest BCUT2D eigenvalue weighted by molar-refractivity contribution is 0.414. The average Bonchev–Trinajstić information content (AvgIpc) is 2.89. The van der Waals surface area contributed by atoms with Gasteiger partial charge in [-0.15, -0.1) is 0 Å². The van der Waals surface area contributed by atoms with Gasteiger partial charge in [0.15, 0.2) is 0 Å². The second-order valence-corrected chi connectivity index (χ2v) is 6.46. The maximum Gasteiger partial charge on any atom is 0.240 e. The van der Waals surface area contributed by atoms with E-state index >= 15 is 0 Å². The number of ether oxygens (including phenoxy) is 1. The Kier molecular flexibility index (Phi) is 4.98.